The third kappa shape index (κ3) is 3.08. The maximum Gasteiger partial charge on any atom is 0.248 e. The van der Waals surface area contributed by atoms with Gasteiger partial charge >= 0.3 is 0 Å². The lowest BCUT2D eigenvalue weighted by Gasteiger charge is -2.11. The molecule has 0 saturated heterocycles. The topological polar surface area (TPSA) is 78.3 Å². The number of ether oxygens (including phenoxy) is 1. The summed E-state index contributed by atoms with van der Waals surface area (Å²) >= 11 is 3.31. The molecule has 2 aromatic rings. The minimum absolute atomic E-state index is 0.00229. The molecule has 0 aliphatic carbocycles. The highest BCUT2D eigenvalue weighted by molar-refractivity contribution is 9.10. The molecule has 0 heterocycles. The summed E-state index contributed by atoms with van der Waals surface area (Å²) in [7, 11) is 0. The van der Waals surface area contributed by atoms with Gasteiger partial charge in [-0.05, 0) is 40.2 Å². The largest absolute Gasteiger partial charge is 0.485 e. The van der Waals surface area contributed by atoms with Gasteiger partial charge in [-0.25, -0.2) is 4.39 Å². The lowest BCUT2D eigenvalue weighted by Crippen LogP contribution is -2.12. The van der Waals surface area contributed by atoms with Gasteiger partial charge in [-0.2, -0.15) is 0 Å². The van der Waals surface area contributed by atoms with Gasteiger partial charge < -0.3 is 16.2 Å². The van der Waals surface area contributed by atoms with Crippen LogP contribution in [0, 0.1) is 5.82 Å². The van der Waals surface area contributed by atoms with E-state index in [4.69, 9.17) is 16.2 Å². The van der Waals surface area contributed by atoms with Crippen LogP contribution in [0.4, 0.5) is 10.1 Å². The average molecular weight is 339 g/mol. The van der Waals surface area contributed by atoms with E-state index < -0.39 is 11.7 Å². The molecule has 0 unspecified atom stereocenters. The Morgan fingerprint density at radius 2 is 2.05 bits per heavy atom. The second-order valence-electron chi connectivity index (χ2n) is 4.12. The van der Waals surface area contributed by atoms with Crippen LogP contribution in [0.15, 0.2) is 40.9 Å². The Kier molecular flexibility index (Phi) is 4.24. The van der Waals surface area contributed by atoms with Crippen LogP contribution in [-0.4, -0.2) is 5.91 Å². The Balaban J connectivity index is 2.17. The van der Waals surface area contributed by atoms with E-state index >= 15 is 0 Å². The standard InChI is InChI=1S/C14H12BrFN2O2/c15-10-2-1-3-12(17)13(10)20-7-9-5-4-8(14(18)19)6-11(9)16/h1-6H,7,17H2,(H2,18,19). The quantitative estimate of drug-likeness (QED) is 0.841. The summed E-state index contributed by atoms with van der Waals surface area (Å²) in [6.07, 6.45) is 0. The van der Waals surface area contributed by atoms with Gasteiger partial charge in [-0.3, -0.25) is 4.79 Å². The number of hydrogen-bond acceptors (Lipinski definition) is 3. The van der Waals surface area contributed by atoms with Gasteiger partial charge in [0.2, 0.25) is 5.91 Å². The van der Waals surface area contributed by atoms with Crippen molar-refractivity contribution < 1.29 is 13.9 Å². The Labute approximate surface area is 123 Å². The van der Waals surface area contributed by atoms with Crippen LogP contribution in [0.3, 0.4) is 0 Å². The summed E-state index contributed by atoms with van der Waals surface area (Å²) in [4.78, 5) is 10.9. The van der Waals surface area contributed by atoms with Crippen LogP contribution in [0.2, 0.25) is 0 Å². The Morgan fingerprint density at radius 1 is 1.30 bits per heavy atom. The van der Waals surface area contributed by atoms with E-state index in [0.717, 1.165) is 6.07 Å². The summed E-state index contributed by atoms with van der Waals surface area (Å²) in [5.41, 5.74) is 11.7. The Hall–Kier alpha value is -2.08. The Morgan fingerprint density at radius 3 is 2.65 bits per heavy atom. The molecule has 0 spiro atoms. The van der Waals surface area contributed by atoms with Crippen LogP contribution in [-0.2, 0) is 6.61 Å². The molecule has 0 aliphatic rings. The lowest BCUT2D eigenvalue weighted by molar-refractivity contribution is 0.0999. The Bertz CT molecular complexity index is 641. The number of anilines is 1. The summed E-state index contributed by atoms with van der Waals surface area (Å²) in [6.45, 7) is -0.00229. The number of benzene rings is 2. The van der Waals surface area contributed by atoms with Crippen molar-refractivity contribution in [1.29, 1.82) is 0 Å². The van der Waals surface area contributed by atoms with Crippen LogP contribution in [0.5, 0.6) is 5.75 Å². The first kappa shape index (κ1) is 14.3. The normalized spacial score (nSPS) is 10.3. The number of para-hydroxylation sites is 1. The number of amides is 1. The van der Waals surface area contributed by atoms with Crippen molar-refractivity contribution >= 4 is 27.5 Å². The van der Waals surface area contributed by atoms with Crippen molar-refractivity contribution in [2.75, 3.05) is 5.73 Å². The zero-order valence-electron chi connectivity index (χ0n) is 10.4. The van der Waals surface area contributed by atoms with E-state index in [2.05, 4.69) is 15.9 Å². The molecule has 4 N–H and O–H groups in total. The first-order valence-corrected chi connectivity index (χ1v) is 6.53. The highest BCUT2D eigenvalue weighted by Crippen LogP contribution is 2.31. The molecule has 0 radical (unpaired) electrons. The third-order valence-corrected chi connectivity index (χ3v) is 3.33. The minimum Gasteiger partial charge on any atom is -0.485 e. The molecule has 0 aromatic heterocycles. The van der Waals surface area contributed by atoms with Crippen molar-refractivity contribution in [1.82, 2.24) is 0 Å². The number of carbonyl (C=O) groups excluding carboxylic acids is 1. The van der Waals surface area contributed by atoms with Crippen molar-refractivity contribution in [2.45, 2.75) is 6.61 Å². The van der Waals surface area contributed by atoms with Crippen LogP contribution in [0.1, 0.15) is 15.9 Å². The predicted molar refractivity (Wildman–Crippen MR) is 77.8 cm³/mol. The number of primary amides is 1. The number of nitrogen functional groups attached to an aromatic ring is 1. The number of halogens is 2. The first-order chi connectivity index (χ1) is 9.49. The van der Waals surface area contributed by atoms with Crippen molar-refractivity contribution in [2.24, 2.45) is 5.73 Å². The number of carbonyl (C=O) groups is 1. The molecule has 2 rings (SSSR count). The zero-order chi connectivity index (χ0) is 14.7. The molecule has 0 saturated carbocycles. The molecule has 4 nitrogen and oxygen atoms in total. The second kappa shape index (κ2) is 5.92. The third-order valence-electron chi connectivity index (χ3n) is 2.71. The molecule has 1 amide bonds. The van der Waals surface area contributed by atoms with Gasteiger partial charge in [0.1, 0.15) is 12.4 Å². The van der Waals surface area contributed by atoms with Gasteiger partial charge in [0, 0.05) is 11.1 Å². The van der Waals surface area contributed by atoms with E-state index in [-0.39, 0.29) is 12.2 Å². The number of hydrogen-bond donors (Lipinski definition) is 2. The molecule has 20 heavy (non-hydrogen) atoms. The molecular weight excluding hydrogens is 327 g/mol. The minimum atomic E-state index is -0.675. The van der Waals surface area contributed by atoms with Crippen LogP contribution >= 0.6 is 15.9 Å². The van der Waals surface area contributed by atoms with Gasteiger partial charge in [0.05, 0.1) is 10.2 Å². The molecule has 0 fully saturated rings. The average Bonchev–Trinajstić information content (AvgIpc) is 2.39. The predicted octanol–water partition coefficient (Wildman–Crippen LogP) is 2.85. The molecule has 2 aromatic carbocycles. The SMILES string of the molecule is NC(=O)c1ccc(COc2c(N)cccc2Br)c(F)c1. The summed E-state index contributed by atoms with van der Waals surface area (Å²) in [5, 5.41) is 0. The van der Waals surface area contributed by atoms with Gasteiger partial charge in [0.15, 0.2) is 5.75 Å². The van der Waals surface area contributed by atoms with Crippen molar-refractivity contribution in [3.05, 3.63) is 57.8 Å². The van der Waals surface area contributed by atoms with E-state index in [0.29, 0.717) is 21.5 Å². The lowest BCUT2D eigenvalue weighted by atomic mass is 10.1. The maximum atomic E-state index is 13.8. The fourth-order valence-electron chi connectivity index (χ4n) is 1.65. The van der Waals surface area contributed by atoms with Gasteiger partial charge in [-0.15, -0.1) is 0 Å². The van der Waals surface area contributed by atoms with E-state index in [1.165, 1.54) is 12.1 Å². The first-order valence-electron chi connectivity index (χ1n) is 5.74. The summed E-state index contributed by atoms with van der Waals surface area (Å²) in [5.74, 6) is -0.774. The molecular formula is C14H12BrFN2O2. The second-order valence-corrected chi connectivity index (χ2v) is 4.97. The smallest absolute Gasteiger partial charge is 0.248 e. The fraction of sp³-hybridized carbons (Fsp3) is 0.0714. The summed E-state index contributed by atoms with van der Waals surface area (Å²) < 4.78 is 20.0. The van der Waals surface area contributed by atoms with E-state index in [1.807, 2.05) is 0 Å². The monoisotopic (exact) mass is 338 g/mol. The highest BCUT2D eigenvalue weighted by atomic mass is 79.9. The van der Waals surface area contributed by atoms with Crippen LogP contribution < -0.4 is 16.2 Å². The molecule has 104 valence electrons. The van der Waals surface area contributed by atoms with E-state index in [9.17, 15) is 9.18 Å². The zero-order valence-corrected chi connectivity index (χ0v) is 12.0. The molecule has 0 atom stereocenters. The van der Waals surface area contributed by atoms with Gasteiger partial charge in [-0.1, -0.05) is 12.1 Å². The van der Waals surface area contributed by atoms with Gasteiger partial charge in [0.25, 0.3) is 0 Å². The van der Waals surface area contributed by atoms with E-state index in [1.54, 1.807) is 18.2 Å². The van der Waals surface area contributed by atoms with Crippen molar-refractivity contribution in [3.63, 3.8) is 0 Å². The molecule has 6 heteroatoms. The summed E-state index contributed by atoms with van der Waals surface area (Å²) in [6, 6.07) is 9.24. The maximum absolute atomic E-state index is 13.8. The van der Waals surface area contributed by atoms with Crippen molar-refractivity contribution in [3.8, 4) is 5.75 Å². The molecule has 0 aliphatic heterocycles. The number of nitrogens with two attached hydrogens (primary N) is 2. The highest BCUT2D eigenvalue weighted by Gasteiger charge is 2.10. The fourth-order valence-corrected chi connectivity index (χ4v) is 2.14. The number of rotatable bonds is 4. The molecule has 0 bridgehead atoms. The van der Waals surface area contributed by atoms with Crippen LogP contribution in [0.25, 0.3) is 0 Å².